The first-order chi connectivity index (χ1) is 9.17. The maximum Gasteiger partial charge on any atom is 0.239 e. The van der Waals surface area contributed by atoms with Gasteiger partial charge in [-0.1, -0.05) is 0 Å². The van der Waals surface area contributed by atoms with Crippen LogP contribution in [-0.2, 0) is 4.79 Å². The Balaban J connectivity index is 2.29. The summed E-state index contributed by atoms with van der Waals surface area (Å²) in [6, 6.07) is 3.73. The van der Waals surface area contributed by atoms with E-state index in [1.165, 1.54) is 11.3 Å². The maximum atomic E-state index is 11.8. The molecule has 0 aromatic carbocycles. The Bertz CT molecular complexity index is 439. The first-order valence-electron chi connectivity index (χ1n) is 6.24. The number of rotatable bonds is 8. The van der Waals surface area contributed by atoms with Crippen molar-refractivity contribution < 1.29 is 9.90 Å². The van der Waals surface area contributed by atoms with Crippen LogP contribution in [0.4, 0.5) is 5.00 Å². The number of amides is 1. The predicted molar refractivity (Wildman–Crippen MR) is 76.1 cm³/mol. The van der Waals surface area contributed by atoms with Crippen LogP contribution in [0.25, 0.3) is 0 Å². The number of hydrogen-bond donors (Lipinski definition) is 2. The first-order valence-corrected chi connectivity index (χ1v) is 7.12. The first kappa shape index (κ1) is 15.6. The number of likely N-dealkylation sites (N-methyl/N-ethyl adjacent to an activating group) is 1. The lowest BCUT2D eigenvalue weighted by molar-refractivity contribution is -0.117. The molecule has 0 aliphatic rings. The van der Waals surface area contributed by atoms with Gasteiger partial charge in [-0.3, -0.25) is 9.69 Å². The molecule has 1 amide bonds. The molecule has 104 valence electrons. The van der Waals surface area contributed by atoms with Crippen molar-refractivity contribution in [1.82, 2.24) is 4.90 Å². The third kappa shape index (κ3) is 5.83. The lowest BCUT2D eigenvalue weighted by Gasteiger charge is -2.15. The fourth-order valence-electron chi connectivity index (χ4n) is 1.65. The van der Waals surface area contributed by atoms with Gasteiger partial charge in [0.1, 0.15) is 11.1 Å². The predicted octanol–water partition coefficient (Wildman–Crippen LogP) is 1.65. The number of nitriles is 1. The molecule has 0 aliphatic heterocycles. The molecule has 0 bridgehead atoms. The Morgan fingerprint density at radius 2 is 2.32 bits per heavy atom. The molecule has 5 nitrogen and oxygen atoms in total. The quantitative estimate of drug-likeness (QED) is 0.710. The highest BCUT2D eigenvalue weighted by atomic mass is 32.1. The van der Waals surface area contributed by atoms with E-state index in [1.807, 2.05) is 18.0 Å². The van der Waals surface area contributed by atoms with Gasteiger partial charge in [-0.15, -0.1) is 11.3 Å². The highest BCUT2D eigenvalue weighted by Gasteiger charge is 2.10. The summed E-state index contributed by atoms with van der Waals surface area (Å²) in [4.78, 5) is 13.7. The average Bonchev–Trinajstić information content (AvgIpc) is 2.81. The highest BCUT2D eigenvalue weighted by Crippen LogP contribution is 2.21. The zero-order valence-corrected chi connectivity index (χ0v) is 11.9. The molecule has 2 N–H and O–H groups in total. The van der Waals surface area contributed by atoms with Gasteiger partial charge in [0, 0.05) is 6.61 Å². The van der Waals surface area contributed by atoms with Gasteiger partial charge in [-0.2, -0.15) is 5.26 Å². The number of carbonyl (C=O) groups excluding carboxylic acids is 1. The number of unbranched alkanes of at least 4 members (excludes halogenated alkanes) is 2. The summed E-state index contributed by atoms with van der Waals surface area (Å²) in [5.74, 6) is -0.108. The summed E-state index contributed by atoms with van der Waals surface area (Å²) in [7, 11) is 1.89. The SMILES string of the molecule is CN(CCCCCO)CC(=O)Nc1sccc1C#N. The van der Waals surface area contributed by atoms with Crippen LogP contribution in [-0.4, -0.2) is 42.7 Å². The van der Waals surface area contributed by atoms with E-state index < -0.39 is 0 Å². The van der Waals surface area contributed by atoms with E-state index >= 15 is 0 Å². The van der Waals surface area contributed by atoms with Crippen molar-refractivity contribution in [2.45, 2.75) is 19.3 Å². The van der Waals surface area contributed by atoms with E-state index in [9.17, 15) is 4.79 Å². The number of carbonyl (C=O) groups is 1. The zero-order valence-electron chi connectivity index (χ0n) is 11.1. The molecule has 0 unspecified atom stereocenters. The van der Waals surface area contributed by atoms with Gasteiger partial charge in [0.05, 0.1) is 12.1 Å². The van der Waals surface area contributed by atoms with Crippen LogP contribution in [0.1, 0.15) is 24.8 Å². The van der Waals surface area contributed by atoms with Crippen molar-refractivity contribution in [1.29, 1.82) is 5.26 Å². The number of nitrogens with one attached hydrogen (secondary N) is 1. The van der Waals surface area contributed by atoms with Crippen LogP contribution < -0.4 is 5.32 Å². The fraction of sp³-hybridized carbons (Fsp3) is 0.538. The third-order valence-corrected chi connectivity index (χ3v) is 3.48. The van der Waals surface area contributed by atoms with Crippen LogP contribution in [0.15, 0.2) is 11.4 Å². The Morgan fingerprint density at radius 1 is 1.53 bits per heavy atom. The minimum Gasteiger partial charge on any atom is -0.396 e. The highest BCUT2D eigenvalue weighted by molar-refractivity contribution is 7.14. The number of aliphatic hydroxyl groups is 1. The van der Waals surface area contributed by atoms with Crippen molar-refractivity contribution in [3.05, 3.63) is 17.0 Å². The fourth-order valence-corrected chi connectivity index (χ4v) is 2.41. The molecule has 0 saturated carbocycles. The lowest BCUT2D eigenvalue weighted by Crippen LogP contribution is -2.30. The van der Waals surface area contributed by atoms with Gasteiger partial charge < -0.3 is 10.4 Å². The summed E-state index contributed by atoms with van der Waals surface area (Å²) in [5, 5.41) is 22.7. The van der Waals surface area contributed by atoms with Crippen molar-refractivity contribution in [2.24, 2.45) is 0 Å². The largest absolute Gasteiger partial charge is 0.396 e. The molecule has 1 heterocycles. The summed E-state index contributed by atoms with van der Waals surface area (Å²) < 4.78 is 0. The van der Waals surface area contributed by atoms with Crippen molar-refractivity contribution in [3.63, 3.8) is 0 Å². The van der Waals surface area contributed by atoms with Gasteiger partial charge in [-0.05, 0) is 44.3 Å². The van der Waals surface area contributed by atoms with E-state index in [0.29, 0.717) is 17.1 Å². The van der Waals surface area contributed by atoms with Crippen LogP contribution >= 0.6 is 11.3 Å². The molecule has 1 aromatic rings. The molecule has 1 rings (SSSR count). The Morgan fingerprint density at radius 3 is 3.00 bits per heavy atom. The van der Waals surface area contributed by atoms with Crippen molar-refractivity contribution in [2.75, 3.05) is 32.1 Å². The van der Waals surface area contributed by atoms with Crippen molar-refractivity contribution in [3.8, 4) is 6.07 Å². The lowest BCUT2D eigenvalue weighted by atomic mass is 10.2. The van der Waals surface area contributed by atoms with E-state index in [4.69, 9.17) is 10.4 Å². The molecule has 0 spiro atoms. The second-order valence-corrected chi connectivity index (χ2v) is 5.26. The standard InChI is InChI=1S/C13H19N3O2S/c1-16(6-3-2-4-7-17)10-12(18)15-13-11(9-14)5-8-19-13/h5,8,17H,2-4,6-7,10H2,1H3,(H,15,18). The van der Waals surface area contributed by atoms with Gasteiger partial charge >= 0.3 is 0 Å². The minimum atomic E-state index is -0.108. The normalized spacial score (nSPS) is 10.4. The second-order valence-electron chi connectivity index (χ2n) is 4.35. The van der Waals surface area contributed by atoms with Crippen LogP contribution in [0.3, 0.4) is 0 Å². The summed E-state index contributed by atoms with van der Waals surface area (Å²) in [5.41, 5.74) is 0.504. The number of hydrogen-bond acceptors (Lipinski definition) is 5. The number of anilines is 1. The van der Waals surface area contributed by atoms with Gasteiger partial charge in [0.2, 0.25) is 5.91 Å². The van der Waals surface area contributed by atoms with Crippen LogP contribution in [0.2, 0.25) is 0 Å². The Kier molecular flexibility index (Phi) is 7.11. The van der Waals surface area contributed by atoms with Crippen molar-refractivity contribution >= 4 is 22.2 Å². The number of thiophene rings is 1. The second kappa shape index (κ2) is 8.64. The molecular formula is C13H19N3O2S. The monoisotopic (exact) mass is 281 g/mol. The molecule has 1 aromatic heterocycles. The minimum absolute atomic E-state index is 0.108. The van der Waals surface area contributed by atoms with E-state index in [-0.39, 0.29) is 12.5 Å². The van der Waals surface area contributed by atoms with E-state index in [1.54, 1.807) is 11.4 Å². The molecule has 6 heteroatoms. The molecule has 0 fully saturated rings. The van der Waals surface area contributed by atoms with Gasteiger partial charge in [0.25, 0.3) is 0 Å². The molecular weight excluding hydrogens is 262 g/mol. The van der Waals surface area contributed by atoms with Crippen LogP contribution in [0, 0.1) is 11.3 Å². The molecule has 19 heavy (non-hydrogen) atoms. The van der Waals surface area contributed by atoms with Crippen LogP contribution in [0.5, 0.6) is 0 Å². The number of nitrogens with zero attached hydrogens (tertiary/aromatic N) is 2. The topological polar surface area (TPSA) is 76.4 Å². The van der Waals surface area contributed by atoms with E-state index in [0.717, 1.165) is 25.8 Å². The molecule has 0 aliphatic carbocycles. The summed E-state index contributed by atoms with van der Waals surface area (Å²) in [6.07, 6.45) is 2.74. The average molecular weight is 281 g/mol. The maximum absolute atomic E-state index is 11.8. The zero-order chi connectivity index (χ0) is 14.1. The molecule has 0 saturated heterocycles. The number of aliphatic hydroxyl groups excluding tert-OH is 1. The third-order valence-electron chi connectivity index (χ3n) is 2.65. The molecule has 0 atom stereocenters. The Labute approximate surface area is 117 Å². The van der Waals surface area contributed by atoms with Gasteiger partial charge in [0.15, 0.2) is 0 Å². The smallest absolute Gasteiger partial charge is 0.239 e. The van der Waals surface area contributed by atoms with E-state index in [2.05, 4.69) is 5.32 Å². The Hall–Kier alpha value is -1.42. The van der Waals surface area contributed by atoms with Gasteiger partial charge in [-0.25, -0.2) is 0 Å². The summed E-state index contributed by atoms with van der Waals surface area (Å²) in [6.45, 7) is 1.35. The summed E-state index contributed by atoms with van der Waals surface area (Å²) >= 11 is 1.35. The molecule has 0 radical (unpaired) electrons.